The van der Waals surface area contributed by atoms with Crippen LogP contribution in [-0.2, 0) is 19.1 Å². The lowest BCUT2D eigenvalue weighted by Gasteiger charge is -2.29. The van der Waals surface area contributed by atoms with E-state index in [0.29, 0.717) is 6.42 Å². The molecule has 10 heteroatoms. The number of hydrogen-bond donors (Lipinski definition) is 2. The minimum Gasteiger partial charge on any atom is -0.468 e. The van der Waals surface area contributed by atoms with Crippen LogP contribution in [0.15, 0.2) is 20.4 Å². The Balaban J connectivity index is 2.27. The molecule has 2 atom stereocenters. The summed E-state index contributed by atoms with van der Waals surface area (Å²) in [5.41, 5.74) is 2.10. The molecule has 24 heavy (non-hydrogen) atoms. The summed E-state index contributed by atoms with van der Waals surface area (Å²) in [5.74, 6) is -1.24. The molecule has 0 aromatic heterocycles. The SMILES string of the molecule is COC(=O)C(CCC1=NN=C[SH]1C)(CC1=NN=C[SH]1C)C(=O)OC. The van der Waals surface area contributed by atoms with Crippen LogP contribution in [-0.4, -0.2) is 59.9 Å². The van der Waals surface area contributed by atoms with Crippen LogP contribution in [0.5, 0.6) is 0 Å². The highest BCUT2D eigenvalue weighted by atomic mass is 32.2. The van der Waals surface area contributed by atoms with Gasteiger partial charge in [0, 0.05) is 6.42 Å². The lowest BCUT2D eigenvalue weighted by Crippen LogP contribution is -2.43. The van der Waals surface area contributed by atoms with Crippen LogP contribution in [0.3, 0.4) is 0 Å². The topological polar surface area (TPSA) is 102 Å². The van der Waals surface area contributed by atoms with E-state index >= 15 is 0 Å². The zero-order valence-electron chi connectivity index (χ0n) is 14.1. The van der Waals surface area contributed by atoms with Gasteiger partial charge in [0.05, 0.1) is 35.4 Å². The lowest BCUT2D eigenvalue weighted by atomic mass is 9.80. The number of ether oxygens (including phenoxy) is 2. The number of nitrogens with zero attached hydrogens (tertiary/aromatic N) is 4. The van der Waals surface area contributed by atoms with Crippen molar-refractivity contribution in [2.45, 2.75) is 19.3 Å². The predicted octanol–water partition coefficient (Wildman–Crippen LogP) is 1.46. The van der Waals surface area contributed by atoms with Gasteiger partial charge in [-0.3, -0.25) is 9.59 Å². The first-order valence-electron chi connectivity index (χ1n) is 7.27. The van der Waals surface area contributed by atoms with Crippen molar-refractivity contribution >= 4 is 54.9 Å². The maximum atomic E-state index is 12.5. The molecule has 0 bridgehead atoms. The largest absolute Gasteiger partial charge is 0.468 e. The smallest absolute Gasteiger partial charge is 0.323 e. The summed E-state index contributed by atoms with van der Waals surface area (Å²) in [5, 5.41) is 17.6. The van der Waals surface area contributed by atoms with E-state index < -0.39 is 39.1 Å². The van der Waals surface area contributed by atoms with Crippen LogP contribution in [0.25, 0.3) is 0 Å². The van der Waals surface area contributed by atoms with Crippen molar-refractivity contribution in [2.75, 3.05) is 26.7 Å². The van der Waals surface area contributed by atoms with Gasteiger partial charge in [0.25, 0.3) is 0 Å². The Bertz CT molecular complexity index is 629. The van der Waals surface area contributed by atoms with Crippen molar-refractivity contribution in [3.8, 4) is 0 Å². The zero-order valence-corrected chi connectivity index (χ0v) is 15.9. The number of esters is 2. The van der Waals surface area contributed by atoms with Gasteiger partial charge in [-0.2, -0.15) is 32.0 Å². The molecular formula is C14H22N4O4S2. The number of hydrogen-bond acceptors (Lipinski definition) is 8. The average Bonchev–Trinajstić information content (AvgIpc) is 3.18. The van der Waals surface area contributed by atoms with Crippen molar-refractivity contribution in [1.82, 2.24) is 0 Å². The molecule has 0 aliphatic carbocycles. The third-order valence-corrected chi connectivity index (χ3v) is 7.09. The van der Waals surface area contributed by atoms with Gasteiger partial charge in [-0.15, -0.1) is 10.2 Å². The van der Waals surface area contributed by atoms with Gasteiger partial charge < -0.3 is 9.47 Å². The summed E-state index contributed by atoms with van der Waals surface area (Å²) in [6, 6.07) is 0. The van der Waals surface area contributed by atoms with Crippen LogP contribution in [0.1, 0.15) is 19.3 Å². The molecule has 0 amide bonds. The third kappa shape index (κ3) is 3.69. The molecule has 8 nitrogen and oxygen atoms in total. The number of methoxy groups -OCH3 is 2. The molecule has 0 fully saturated rings. The number of rotatable bonds is 7. The van der Waals surface area contributed by atoms with Crippen molar-refractivity contribution in [3.05, 3.63) is 0 Å². The molecule has 2 aliphatic rings. The van der Waals surface area contributed by atoms with E-state index in [2.05, 4.69) is 20.4 Å². The normalized spacial score (nSPS) is 25.3. The summed E-state index contributed by atoms with van der Waals surface area (Å²) in [4.78, 5) is 25.1. The molecule has 134 valence electrons. The van der Waals surface area contributed by atoms with Gasteiger partial charge in [0.2, 0.25) is 0 Å². The Labute approximate surface area is 146 Å². The van der Waals surface area contributed by atoms with Crippen molar-refractivity contribution in [2.24, 2.45) is 25.8 Å². The first-order valence-corrected chi connectivity index (χ1v) is 11.0. The van der Waals surface area contributed by atoms with Crippen LogP contribution in [0.4, 0.5) is 0 Å². The van der Waals surface area contributed by atoms with Gasteiger partial charge >= 0.3 is 11.9 Å². The Hall–Kier alpha value is -1.68. The molecule has 0 N–H and O–H groups in total. The molecular weight excluding hydrogens is 352 g/mol. The molecule has 0 spiro atoms. The third-order valence-electron chi connectivity index (χ3n) is 4.00. The fourth-order valence-electron chi connectivity index (χ4n) is 2.51. The van der Waals surface area contributed by atoms with Gasteiger partial charge in [0.15, 0.2) is 5.41 Å². The van der Waals surface area contributed by atoms with Gasteiger partial charge in [-0.05, 0) is 25.4 Å². The predicted molar refractivity (Wildman–Crippen MR) is 102 cm³/mol. The molecule has 0 aromatic rings. The molecule has 2 unspecified atom stereocenters. The standard InChI is InChI=1S/C14H22N4O4S2/c1-21-12(19)14(13(20)22-2,7-11-18-16-9-24(11)4)6-5-10-17-15-8-23(10)3/h8-9,23-24H,5-7H2,1-4H3. The lowest BCUT2D eigenvalue weighted by molar-refractivity contribution is -0.169. The van der Waals surface area contributed by atoms with Crippen LogP contribution < -0.4 is 0 Å². The highest BCUT2D eigenvalue weighted by molar-refractivity contribution is 8.40. The number of carbonyl (C=O) groups is 2. The zero-order chi connectivity index (χ0) is 17.7. The van der Waals surface area contributed by atoms with Crippen molar-refractivity contribution in [3.63, 3.8) is 0 Å². The number of thiol groups is 2. The molecule has 2 rings (SSSR count). The molecule has 2 heterocycles. The quantitative estimate of drug-likeness (QED) is 0.400. The first kappa shape index (κ1) is 18.7. The first-order chi connectivity index (χ1) is 11.4. The monoisotopic (exact) mass is 374 g/mol. The Morgan fingerprint density at radius 3 is 1.92 bits per heavy atom. The Morgan fingerprint density at radius 1 is 1.00 bits per heavy atom. The van der Waals surface area contributed by atoms with E-state index in [0.717, 1.165) is 10.1 Å². The van der Waals surface area contributed by atoms with Crippen LogP contribution >= 0.6 is 21.8 Å². The molecule has 0 saturated carbocycles. The van der Waals surface area contributed by atoms with Gasteiger partial charge in [-0.25, -0.2) is 0 Å². The Kier molecular flexibility index (Phi) is 6.16. The summed E-state index contributed by atoms with van der Waals surface area (Å²) in [6.45, 7) is 0. The minimum absolute atomic E-state index is 0.143. The summed E-state index contributed by atoms with van der Waals surface area (Å²) >= 11 is 0. The van der Waals surface area contributed by atoms with Crippen LogP contribution in [0, 0.1) is 5.41 Å². The molecule has 0 aromatic carbocycles. The van der Waals surface area contributed by atoms with Gasteiger partial charge in [-0.1, -0.05) is 0 Å². The van der Waals surface area contributed by atoms with E-state index in [1.807, 2.05) is 12.5 Å². The van der Waals surface area contributed by atoms with E-state index in [1.165, 1.54) is 14.2 Å². The summed E-state index contributed by atoms with van der Waals surface area (Å²) < 4.78 is 9.86. The van der Waals surface area contributed by atoms with E-state index in [-0.39, 0.29) is 12.8 Å². The fourth-order valence-corrected chi connectivity index (χ4v) is 4.56. The Morgan fingerprint density at radius 2 is 1.50 bits per heavy atom. The second-order valence-corrected chi connectivity index (χ2v) is 9.40. The van der Waals surface area contributed by atoms with E-state index in [9.17, 15) is 9.59 Å². The summed E-state index contributed by atoms with van der Waals surface area (Å²) in [7, 11) is 1.30. The maximum absolute atomic E-state index is 12.5. The molecule has 0 radical (unpaired) electrons. The average molecular weight is 374 g/mol. The minimum atomic E-state index is -1.44. The highest BCUT2D eigenvalue weighted by Gasteiger charge is 2.50. The second-order valence-electron chi connectivity index (χ2n) is 5.46. The van der Waals surface area contributed by atoms with Gasteiger partial charge in [0.1, 0.15) is 0 Å². The maximum Gasteiger partial charge on any atom is 0.323 e. The van der Waals surface area contributed by atoms with Crippen LogP contribution in [0.2, 0.25) is 0 Å². The second kappa shape index (κ2) is 7.93. The van der Waals surface area contributed by atoms with Crippen molar-refractivity contribution in [1.29, 1.82) is 0 Å². The molecule has 0 saturated heterocycles. The summed E-state index contributed by atoms with van der Waals surface area (Å²) in [6.07, 6.45) is 4.86. The highest BCUT2D eigenvalue weighted by Crippen LogP contribution is 2.40. The van der Waals surface area contributed by atoms with E-state index in [1.54, 1.807) is 11.1 Å². The fraction of sp³-hybridized carbons (Fsp3) is 0.571. The van der Waals surface area contributed by atoms with E-state index in [4.69, 9.17) is 9.47 Å². The van der Waals surface area contributed by atoms with Crippen molar-refractivity contribution < 1.29 is 19.1 Å². The molecule has 2 aliphatic heterocycles. The number of carbonyl (C=O) groups excluding carboxylic acids is 2.